The highest BCUT2D eigenvalue weighted by Gasteiger charge is 2.04. The fourth-order valence-electron chi connectivity index (χ4n) is 1.79. The first-order chi connectivity index (χ1) is 10.1. The van der Waals surface area contributed by atoms with E-state index in [9.17, 15) is 4.79 Å². The van der Waals surface area contributed by atoms with Crippen LogP contribution in [-0.2, 0) is 5.75 Å². The molecular weight excluding hydrogens is 417 g/mol. The molecule has 21 heavy (non-hydrogen) atoms. The Morgan fingerprint density at radius 2 is 2.00 bits per heavy atom. The van der Waals surface area contributed by atoms with Crippen molar-refractivity contribution in [3.63, 3.8) is 0 Å². The van der Waals surface area contributed by atoms with Crippen LogP contribution < -0.4 is 5.32 Å². The minimum absolute atomic E-state index is 0.0168. The molecule has 2 aromatic rings. The number of thioether (sulfide) groups is 1. The molecule has 0 radical (unpaired) electrons. The number of benzene rings is 2. The van der Waals surface area contributed by atoms with Crippen molar-refractivity contribution in [3.8, 4) is 0 Å². The predicted octanol–water partition coefficient (Wildman–Crippen LogP) is 4.61. The normalized spacial score (nSPS) is 10.4. The molecule has 0 aromatic heterocycles. The zero-order valence-electron chi connectivity index (χ0n) is 11.3. The standard InChI is InChI=1S/C16H15ClINOS/c17-14-5-1-3-12(9-14)11-21-8-7-19-16(20)13-4-2-6-15(18)10-13/h1-6,9-10H,7-8,11H2,(H,19,20). The lowest BCUT2D eigenvalue weighted by atomic mass is 10.2. The topological polar surface area (TPSA) is 29.1 Å². The zero-order valence-corrected chi connectivity index (χ0v) is 15.0. The molecule has 2 aromatic carbocycles. The van der Waals surface area contributed by atoms with Gasteiger partial charge >= 0.3 is 0 Å². The molecule has 0 atom stereocenters. The smallest absolute Gasteiger partial charge is 0.251 e. The summed E-state index contributed by atoms with van der Waals surface area (Å²) in [5.41, 5.74) is 1.91. The van der Waals surface area contributed by atoms with Crippen molar-refractivity contribution in [2.75, 3.05) is 12.3 Å². The first-order valence-corrected chi connectivity index (χ1v) is 9.12. The van der Waals surface area contributed by atoms with Crippen molar-refractivity contribution in [2.45, 2.75) is 5.75 Å². The van der Waals surface area contributed by atoms with Gasteiger partial charge in [-0.2, -0.15) is 11.8 Å². The molecule has 0 aliphatic carbocycles. The number of nitrogens with one attached hydrogen (secondary N) is 1. The number of rotatable bonds is 6. The van der Waals surface area contributed by atoms with Crippen LogP contribution >= 0.6 is 46.0 Å². The number of halogens is 2. The van der Waals surface area contributed by atoms with E-state index in [2.05, 4.69) is 34.0 Å². The third kappa shape index (κ3) is 5.88. The fraction of sp³-hybridized carbons (Fsp3) is 0.188. The quantitative estimate of drug-likeness (QED) is 0.535. The summed E-state index contributed by atoms with van der Waals surface area (Å²) in [4.78, 5) is 11.9. The molecule has 0 unspecified atom stereocenters. The van der Waals surface area contributed by atoms with E-state index in [0.29, 0.717) is 12.1 Å². The largest absolute Gasteiger partial charge is 0.351 e. The van der Waals surface area contributed by atoms with E-state index < -0.39 is 0 Å². The van der Waals surface area contributed by atoms with E-state index in [4.69, 9.17) is 11.6 Å². The maximum Gasteiger partial charge on any atom is 0.251 e. The van der Waals surface area contributed by atoms with Crippen molar-refractivity contribution < 1.29 is 4.79 Å². The highest BCUT2D eigenvalue weighted by molar-refractivity contribution is 14.1. The van der Waals surface area contributed by atoms with Crippen molar-refractivity contribution >= 4 is 51.9 Å². The molecule has 0 bridgehead atoms. The summed E-state index contributed by atoms with van der Waals surface area (Å²) in [6.45, 7) is 0.662. The van der Waals surface area contributed by atoms with Gasteiger partial charge in [-0.1, -0.05) is 29.8 Å². The molecule has 0 aliphatic rings. The summed E-state index contributed by atoms with van der Waals surface area (Å²) >= 11 is 9.92. The third-order valence-electron chi connectivity index (χ3n) is 2.78. The van der Waals surface area contributed by atoms with E-state index in [-0.39, 0.29) is 5.91 Å². The summed E-state index contributed by atoms with van der Waals surface area (Å²) in [5.74, 6) is 1.76. The molecule has 5 heteroatoms. The Morgan fingerprint density at radius 3 is 2.76 bits per heavy atom. The molecule has 0 saturated carbocycles. The van der Waals surface area contributed by atoms with Gasteiger partial charge in [0.1, 0.15) is 0 Å². The summed E-state index contributed by atoms with van der Waals surface area (Å²) in [5, 5.41) is 3.70. The van der Waals surface area contributed by atoms with E-state index in [1.807, 2.05) is 42.5 Å². The minimum Gasteiger partial charge on any atom is -0.351 e. The second kappa shape index (κ2) is 8.66. The molecule has 0 heterocycles. The van der Waals surface area contributed by atoms with Crippen LogP contribution in [0.25, 0.3) is 0 Å². The van der Waals surface area contributed by atoms with E-state index in [1.165, 1.54) is 5.56 Å². The minimum atomic E-state index is -0.0168. The predicted molar refractivity (Wildman–Crippen MR) is 99.1 cm³/mol. The number of carbonyl (C=O) groups is 1. The maximum absolute atomic E-state index is 11.9. The Morgan fingerprint density at radius 1 is 1.19 bits per heavy atom. The van der Waals surface area contributed by atoms with Gasteiger partial charge in [0.05, 0.1) is 0 Å². The molecular formula is C16H15ClINOS. The first-order valence-electron chi connectivity index (χ1n) is 6.51. The third-order valence-corrected chi connectivity index (χ3v) is 4.71. The van der Waals surface area contributed by atoms with Crippen LogP contribution in [0.1, 0.15) is 15.9 Å². The highest BCUT2D eigenvalue weighted by Crippen LogP contribution is 2.16. The van der Waals surface area contributed by atoms with Gasteiger partial charge in [0.2, 0.25) is 0 Å². The van der Waals surface area contributed by atoms with Crippen LogP contribution in [0.2, 0.25) is 5.02 Å². The average Bonchev–Trinajstić information content (AvgIpc) is 2.47. The molecule has 0 fully saturated rings. The number of carbonyl (C=O) groups excluding carboxylic acids is 1. The van der Waals surface area contributed by atoms with Crippen molar-refractivity contribution in [2.24, 2.45) is 0 Å². The van der Waals surface area contributed by atoms with Crippen LogP contribution in [0.15, 0.2) is 48.5 Å². The van der Waals surface area contributed by atoms with Crippen LogP contribution in [0.5, 0.6) is 0 Å². The van der Waals surface area contributed by atoms with Crippen LogP contribution in [0, 0.1) is 3.57 Å². The Hall–Kier alpha value is -0.720. The van der Waals surface area contributed by atoms with E-state index >= 15 is 0 Å². The van der Waals surface area contributed by atoms with Crippen molar-refractivity contribution in [3.05, 3.63) is 68.3 Å². The SMILES string of the molecule is O=C(NCCSCc1cccc(Cl)c1)c1cccc(I)c1. The average molecular weight is 432 g/mol. The van der Waals surface area contributed by atoms with E-state index in [1.54, 1.807) is 11.8 Å². The number of hydrogen-bond donors (Lipinski definition) is 1. The Labute approximate surface area is 147 Å². The summed E-state index contributed by atoms with van der Waals surface area (Å²) in [7, 11) is 0. The van der Waals surface area contributed by atoms with Gasteiger partial charge in [0.15, 0.2) is 0 Å². The molecule has 0 spiro atoms. The van der Waals surface area contributed by atoms with Gasteiger partial charge in [0.25, 0.3) is 5.91 Å². The molecule has 2 nitrogen and oxygen atoms in total. The second-order valence-corrected chi connectivity index (χ2v) is 7.24. The lowest BCUT2D eigenvalue weighted by Gasteiger charge is -2.06. The van der Waals surface area contributed by atoms with Gasteiger partial charge < -0.3 is 5.32 Å². The van der Waals surface area contributed by atoms with Gasteiger partial charge in [-0.3, -0.25) is 4.79 Å². The fourth-order valence-corrected chi connectivity index (χ4v) is 3.35. The second-order valence-electron chi connectivity index (χ2n) is 4.45. The molecule has 0 aliphatic heterocycles. The van der Waals surface area contributed by atoms with Gasteiger partial charge in [-0.15, -0.1) is 0 Å². The monoisotopic (exact) mass is 431 g/mol. The van der Waals surface area contributed by atoms with Crippen molar-refractivity contribution in [1.29, 1.82) is 0 Å². The first kappa shape index (κ1) is 16.6. The molecule has 110 valence electrons. The van der Waals surface area contributed by atoms with Gasteiger partial charge in [-0.25, -0.2) is 0 Å². The van der Waals surface area contributed by atoms with Gasteiger partial charge in [0, 0.05) is 32.2 Å². The summed E-state index contributed by atoms with van der Waals surface area (Å²) in [6, 6.07) is 15.4. The molecule has 1 amide bonds. The molecule has 2 rings (SSSR count). The lowest BCUT2D eigenvalue weighted by molar-refractivity contribution is 0.0956. The Kier molecular flexibility index (Phi) is 6.86. The zero-order chi connectivity index (χ0) is 15.1. The Balaban J connectivity index is 1.69. The number of hydrogen-bond acceptors (Lipinski definition) is 2. The summed E-state index contributed by atoms with van der Waals surface area (Å²) in [6.07, 6.45) is 0. The van der Waals surface area contributed by atoms with Gasteiger partial charge in [-0.05, 0) is 58.5 Å². The number of amides is 1. The van der Waals surface area contributed by atoms with Crippen LogP contribution in [0.4, 0.5) is 0 Å². The van der Waals surface area contributed by atoms with Crippen LogP contribution in [-0.4, -0.2) is 18.2 Å². The van der Waals surface area contributed by atoms with Crippen molar-refractivity contribution in [1.82, 2.24) is 5.32 Å². The molecule has 1 N–H and O–H groups in total. The molecule has 0 saturated heterocycles. The summed E-state index contributed by atoms with van der Waals surface area (Å²) < 4.78 is 1.07. The Bertz CT molecular complexity index is 621. The maximum atomic E-state index is 11.9. The highest BCUT2D eigenvalue weighted by atomic mass is 127. The van der Waals surface area contributed by atoms with E-state index in [0.717, 1.165) is 20.1 Å². The lowest BCUT2D eigenvalue weighted by Crippen LogP contribution is -2.25. The van der Waals surface area contributed by atoms with Crippen LogP contribution in [0.3, 0.4) is 0 Å².